The Hall–Kier alpha value is -1.92. The molecule has 0 saturated carbocycles. The van der Waals surface area contributed by atoms with Crippen molar-refractivity contribution in [2.24, 2.45) is 0 Å². The third kappa shape index (κ3) is 3.45. The lowest BCUT2D eigenvalue weighted by atomic mass is 10.1. The molecule has 1 fully saturated rings. The van der Waals surface area contributed by atoms with Gasteiger partial charge in [0.15, 0.2) is 5.69 Å². The van der Waals surface area contributed by atoms with Crippen LogP contribution in [0.1, 0.15) is 28.9 Å². The smallest absolute Gasteiger partial charge is 0.276 e. The number of hydrogen-bond donors (Lipinski definition) is 1. The number of rotatable bonds is 3. The maximum atomic E-state index is 12.3. The van der Waals surface area contributed by atoms with Gasteiger partial charge in [0.1, 0.15) is 0 Å². The summed E-state index contributed by atoms with van der Waals surface area (Å²) in [6, 6.07) is 7.47. The molecule has 0 bridgehead atoms. The summed E-state index contributed by atoms with van der Waals surface area (Å²) in [5.41, 5.74) is 1.29. The van der Waals surface area contributed by atoms with Crippen LogP contribution in [0.25, 0.3) is 0 Å². The Balaban J connectivity index is 1.69. The fraction of sp³-hybridized carbons (Fsp3) is 0.400. The van der Waals surface area contributed by atoms with Gasteiger partial charge in [-0.25, -0.2) is 4.68 Å². The molecule has 3 rings (SSSR count). The third-order valence-corrected chi connectivity index (χ3v) is 3.91. The molecule has 7 heteroatoms. The Bertz CT molecular complexity index is 673. The highest BCUT2D eigenvalue weighted by Gasteiger charge is 2.24. The Morgan fingerprint density at radius 2 is 2.32 bits per heavy atom. The summed E-state index contributed by atoms with van der Waals surface area (Å²) in [5, 5.41) is 18.2. The van der Waals surface area contributed by atoms with Crippen LogP contribution in [0.3, 0.4) is 0 Å². The van der Waals surface area contributed by atoms with Gasteiger partial charge in [0, 0.05) is 18.1 Å². The molecule has 1 aliphatic rings. The molecule has 1 aromatic heterocycles. The van der Waals surface area contributed by atoms with E-state index in [1.54, 1.807) is 15.8 Å². The second-order valence-electron chi connectivity index (χ2n) is 5.48. The Morgan fingerprint density at radius 3 is 3.09 bits per heavy atom. The van der Waals surface area contributed by atoms with Crippen LogP contribution in [0.5, 0.6) is 0 Å². The van der Waals surface area contributed by atoms with Crippen molar-refractivity contribution >= 4 is 17.5 Å². The fourth-order valence-corrected chi connectivity index (χ4v) is 2.81. The molecule has 22 heavy (non-hydrogen) atoms. The van der Waals surface area contributed by atoms with Crippen LogP contribution in [-0.2, 0) is 6.54 Å². The maximum absolute atomic E-state index is 12.3. The molecule has 1 aliphatic heterocycles. The van der Waals surface area contributed by atoms with Crippen LogP contribution in [0.4, 0.5) is 0 Å². The summed E-state index contributed by atoms with van der Waals surface area (Å²) in [6.45, 7) is 1.51. The summed E-state index contributed by atoms with van der Waals surface area (Å²) in [7, 11) is 0. The van der Waals surface area contributed by atoms with Crippen LogP contribution >= 0.6 is 11.6 Å². The second-order valence-corrected chi connectivity index (χ2v) is 5.91. The topological polar surface area (TPSA) is 71.2 Å². The number of aromatic nitrogens is 3. The lowest BCUT2D eigenvalue weighted by molar-refractivity contribution is 0.0469. The molecular formula is C15H17ClN4O2. The second kappa shape index (κ2) is 6.46. The molecule has 0 aliphatic carbocycles. The highest BCUT2D eigenvalue weighted by molar-refractivity contribution is 6.30. The number of hydrogen-bond acceptors (Lipinski definition) is 4. The van der Waals surface area contributed by atoms with E-state index in [0.29, 0.717) is 30.4 Å². The molecule has 0 unspecified atom stereocenters. The number of carbonyl (C=O) groups is 1. The van der Waals surface area contributed by atoms with E-state index in [2.05, 4.69) is 10.3 Å². The van der Waals surface area contributed by atoms with Gasteiger partial charge in [-0.15, -0.1) is 5.10 Å². The molecular weight excluding hydrogens is 304 g/mol. The number of β-amino-alcohol motifs (C(OH)–C–C–N with tert-alkyl or cyclic N) is 1. The first kappa shape index (κ1) is 15.0. The van der Waals surface area contributed by atoms with Gasteiger partial charge in [-0.3, -0.25) is 4.79 Å². The number of halogens is 1. The molecule has 1 saturated heterocycles. The maximum Gasteiger partial charge on any atom is 0.276 e. The summed E-state index contributed by atoms with van der Waals surface area (Å²) in [4.78, 5) is 14.0. The van der Waals surface area contributed by atoms with Gasteiger partial charge in [0.2, 0.25) is 0 Å². The number of carbonyl (C=O) groups excluding carboxylic acids is 1. The zero-order chi connectivity index (χ0) is 15.5. The van der Waals surface area contributed by atoms with Crippen molar-refractivity contribution in [1.29, 1.82) is 0 Å². The van der Waals surface area contributed by atoms with E-state index < -0.39 is 6.10 Å². The Kier molecular flexibility index (Phi) is 4.40. The van der Waals surface area contributed by atoms with Crippen molar-refractivity contribution in [3.05, 3.63) is 46.7 Å². The Morgan fingerprint density at radius 1 is 1.45 bits per heavy atom. The lowest BCUT2D eigenvalue weighted by Gasteiger charge is -2.29. The van der Waals surface area contributed by atoms with Gasteiger partial charge in [0.25, 0.3) is 5.91 Å². The molecule has 1 atom stereocenters. The standard InChI is InChI=1S/C15H17ClN4O2/c16-12-4-1-3-11(7-12)8-20-10-14(17-18-20)15(22)19-6-2-5-13(21)9-19/h1,3-4,7,10,13,21H,2,5-6,8-9H2/t13-/m1/s1. The van der Waals surface area contributed by atoms with Crippen LogP contribution in [0.15, 0.2) is 30.5 Å². The molecule has 0 radical (unpaired) electrons. The van der Waals surface area contributed by atoms with Gasteiger partial charge >= 0.3 is 0 Å². The first-order valence-electron chi connectivity index (χ1n) is 7.24. The van der Waals surface area contributed by atoms with E-state index in [4.69, 9.17) is 11.6 Å². The van der Waals surface area contributed by atoms with Crippen molar-refractivity contribution in [3.63, 3.8) is 0 Å². The molecule has 1 N–H and O–H groups in total. The molecule has 1 amide bonds. The predicted molar refractivity (Wildman–Crippen MR) is 81.7 cm³/mol. The average molecular weight is 321 g/mol. The number of benzene rings is 1. The largest absolute Gasteiger partial charge is 0.391 e. The fourth-order valence-electron chi connectivity index (χ4n) is 2.60. The molecule has 1 aromatic carbocycles. The first-order valence-corrected chi connectivity index (χ1v) is 7.61. The number of piperidine rings is 1. The molecule has 2 aromatic rings. The molecule has 0 spiro atoms. The molecule has 6 nitrogen and oxygen atoms in total. The van der Waals surface area contributed by atoms with Crippen LogP contribution in [0.2, 0.25) is 5.02 Å². The average Bonchev–Trinajstić information content (AvgIpc) is 2.95. The van der Waals surface area contributed by atoms with Crippen molar-refractivity contribution < 1.29 is 9.90 Å². The minimum atomic E-state index is -0.445. The minimum absolute atomic E-state index is 0.184. The normalized spacial score (nSPS) is 18.5. The van der Waals surface area contributed by atoms with Gasteiger partial charge < -0.3 is 10.0 Å². The highest BCUT2D eigenvalue weighted by atomic mass is 35.5. The van der Waals surface area contributed by atoms with E-state index in [-0.39, 0.29) is 5.91 Å². The monoisotopic (exact) mass is 320 g/mol. The summed E-state index contributed by atoms with van der Waals surface area (Å²) >= 11 is 5.95. The summed E-state index contributed by atoms with van der Waals surface area (Å²) in [6.07, 6.45) is 2.73. The van der Waals surface area contributed by atoms with Crippen molar-refractivity contribution in [3.8, 4) is 0 Å². The quantitative estimate of drug-likeness (QED) is 0.932. The number of likely N-dealkylation sites (tertiary alicyclic amines) is 1. The molecule has 116 valence electrons. The van der Waals surface area contributed by atoms with Gasteiger partial charge in [0.05, 0.1) is 18.8 Å². The van der Waals surface area contributed by atoms with Crippen molar-refractivity contribution in [2.75, 3.05) is 13.1 Å². The number of amides is 1. The van der Waals surface area contributed by atoms with E-state index >= 15 is 0 Å². The summed E-state index contributed by atoms with van der Waals surface area (Å²) in [5.74, 6) is -0.184. The highest BCUT2D eigenvalue weighted by Crippen LogP contribution is 2.14. The van der Waals surface area contributed by atoms with Gasteiger partial charge in [-0.1, -0.05) is 28.9 Å². The van der Waals surface area contributed by atoms with E-state index in [1.807, 2.05) is 24.3 Å². The SMILES string of the molecule is O=C(c1cn(Cc2cccc(Cl)c2)nn1)N1CCC[C@@H](O)C1. The number of nitrogens with zero attached hydrogens (tertiary/aromatic N) is 4. The summed E-state index contributed by atoms with van der Waals surface area (Å²) < 4.78 is 1.61. The number of aliphatic hydroxyl groups is 1. The van der Waals surface area contributed by atoms with Gasteiger partial charge in [-0.2, -0.15) is 0 Å². The van der Waals surface area contributed by atoms with Crippen molar-refractivity contribution in [2.45, 2.75) is 25.5 Å². The zero-order valence-electron chi connectivity index (χ0n) is 12.0. The molecule has 2 heterocycles. The van der Waals surface area contributed by atoms with E-state index in [1.165, 1.54) is 0 Å². The zero-order valence-corrected chi connectivity index (χ0v) is 12.8. The lowest BCUT2D eigenvalue weighted by Crippen LogP contribution is -2.42. The van der Waals surface area contributed by atoms with E-state index in [9.17, 15) is 9.90 Å². The van der Waals surface area contributed by atoms with Gasteiger partial charge in [-0.05, 0) is 30.5 Å². The van der Waals surface area contributed by atoms with E-state index in [0.717, 1.165) is 18.4 Å². The minimum Gasteiger partial charge on any atom is -0.391 e. The van der Waals surface area contributed by atoms with Crippen molar-refractivity contribution in [1.82, 2.24) is 19.9 Å². The first-order chi connectivity index (χ1) is 10.6. The third-order valence-electron chi connectivity index (χ3n) is 3.68. The Labute approximate surface area is 133 Å². The van der Waals surface area contributed by atoms with Crippen LogP contribution in [-0.4, -0.2) is 50.1 Å². The predicted octanol–water partition coefficient (Wildman–Crippen LogP) is 1.58. The van der Waals surface area contributed by atoms with Crippen LogP contribution < -0.4 is 0 Å². The van der Waals surface area contributed by atoms with Crippen LogP contribution in [0, 0.1) is 0 Å². The number of aliphatic hydroxyl groups excluding tert-OH is 1.